The van der Waals surface area contributed by atoms with E-state index in [0.29, 0.717) is 12.5 Å². The molecule has 3 aromatic heterocycles. The van der Waals surface area contributed by atoms with Crippen LogP contribution in [0.1, 0.15) is 33.6 Å². The topological polar surface area (TPSA) is 85.4 Å². The molecule has 8 nitrogen and oxygen atoms in total. The first kappa shape index (κ1) is 17.9. The Balaban J connectivity index is 1.41. The zero-order valence-electron chi connectivity index (χ0n) is 16.7. The second-order valence-corrected chi connectivity index (χ2v) is 9.49. The molecule has 1 aliphatic carbocycles. The lowest BCUT2D eigenvalue weighted by molar-refractivity contribution is -0.119. The number of amides is 2. The lowest BCUT2D eigenvalue weighted by atomic mass is 10.0. The van der Waals surface area contributed by atoms with Gasteiger partial charge in [-0.05, 0) is 36.8 Å². The summed E-state index contributed by atoms with van der Waals surface area (Å²) in [5.74, 6) is 1.47. The van der Waals surface area contributed by atoms with Crippen LogP contribution in [0.4, 0.5) is 10.8 Å². The van der Waals surface area contributed by atoms with Gasteiger partial charge < -0.3 is 19.7 Å². The number of rotatable bonds is 3. The molecule has 0 atom stereocenters. The third-order valence-corrected chi connectivity index (χ3v) is 7.53. The molecule has 0 bridgehead atoms. The van der Waals surface area contributed by atoms with Gasteiger partial charge in [0, 0.05) is 31.2 Å². The van der Waals surface area contributed by atoms with Crippen LogP contribution in [0.5, 0.6) is 0 Å². The van der Waals surface area contributed by atoms with Gasteiger partial charge in [0.1, 0.15) is 29.3 Å². The number of nitrogens with one attached hydrogen (secondary N) is 1. The number of anilines is 2. The second-order valence-electron chi connectivity index (χ2n) is 8.40. The first-order valence-corrected chi connectivity index (χ1v) is 11.1. The predicted molar refractivity (Wildman–Crippen MR) is 115 cm³/mol. The normalized spacial score (nSPS) is 19.3. The third-order valence-electron chi connectivity index (χ3n) is 6.29. The smallest absolute Gasteiger partial charge is 0.257 e. The minimum Gasteiger partial charge on any atom is -0.350 e. The molecule has 2 amide bonds. The Labute approximate surface area is 177 Å². The van der Waals surface area contributed by atoms with Gasteiger partial charge in [-0.3, -0.25) is 9.59 Å². The number of H-pyrrole nitrogens is 1. The average Bonchev–Trinajstić information content (AvgIpc) is 3.32. The molecule has 0 saturated heterocycles. The average molecular weight is 423 g/mol. The fourth-order valence-corrected chi connectivity index (χ4v) is 5.88. The maximum atomic E-state index is 13.2. The van der Waals surface area contributed by atoms with E-state index in [-0.39, 0.29) is 18.4 Å². The van der Waals surface area contributed by atoms with Crippen molar-refractivity contribution in [1.82, 2.24) is 19.9 Å². The van der Waals surface area contributed by atoms with Crippen LogP contribution < -0.4 is 9.80 Å². The molecule has 1 saturated carbocycles. The van der Waals surface area contributed by atoms with Crippen molar-refractivity contribution >= 4 is 45.0 Å². The minimum absolute atomic E-state index is 0.0248. The standard InChI is InChI=1S/C21H22N6O2S/c1-25-10-16(28)27(8-12-2-3-12)21-17(20(25)29)13-5-7-26(9-15(13)30-21)19-14-4-6-22-18(14)23-11-24-19/h4,6,11-12H,2-3,5,7-10H2,1H3,(H,22,23,24). The van der Waals surface area contributed by atoms with E-state index >= 15 is 0 Å². The highest BCUT2D eigenvalue weighted by molar-refractivity contribution is 7.17. The monoisotopic (exact) mass is 422 g/mol. The summed E-state index contributed by atoms with van der Waals surface area (Å²) in [7, 11) is 1.73. The molecule has 0 unspecified atom stereocenters. The zero-order chi connectivity index (χ0) is 20.4. The van der Waals surface area contributed by atoms with E-state index in [1.54, 1.807) is 29.6 Å². The van der Waals surface area contributed by atoms with Crippen molar-refractivity contribution < 1.29 is 9.59 Å². The molecular formula is C21H22N6O2S. The maximum absolute atomic E-state index is 13.2. The van der Waals surface area contributed by atoms with Gasteiger partial charge >= 0.3 is 0 Å². The Kier molecular flexibility index (Phi) is 3.89. The summed E-state index contributed by atoms with van der Waals surface area (Å²) in [6.07, 6.45) is 6.57. The summed E-state index contributed by atoms with van der Waals surface area (Å²) in [4.78, 5) is 44.9. The number of likely N-dealkylation sites (N-methyl/N-ethyl adjacent to an activating group) is 1. The van der Waals surface area contributed by atoms with Gasteiger partial charge in [-0.15, -0.1) is 11.3 Å². The summed E-state index contributed by atoms with van der Waals surface area (Å²) in [5, 5.41) is 1.85. The molecule has 6 rings (SSSR count). The number of aromatic amines is 1. The predicted octanol–water partition coefficient (Wildman–Crippen LogP) is 2.41. The Morgan fingerprint density at radius 3 is 2.93 bits per heavy atom. The molecule has 3 aromatic rings. The summed E-state index contributed by atoms with van der Waals surface area (Å²) in [6.45, 7) is 2.35. The van der Waals surface area contributed by atoms with Crippen molar-refractivity contribution in [3.63, 3.8) is 0 Å². The van der Waals surface area contributed by atoms with E-state index in [1.807, 2.05) is 17.2 Å². The molecule has 1 fully saturated rings. The number of fused-ring (bicyclic) bond motifs is 4. The Hall–Kier alpha value is -2.94. The van der Waals surface area contributed by atoms with Crippen LogP contribution in [0.15, 0.2) is 18.6 Å². The number of aromatic nitrogens is 3. The first-order chi connectivity index (χ1) is 14.6. The van der Waals surface area contributed by atoms with Crippen molar-refractivity contribution in [3.8, 4) is 0 Å². The van der Waals surface area contributed by atoms with Crippen LogP contribution >= 0.6 is 11.3 Å². The highest BCUT2D eigenvalue weighted by Crippen LogP contribution is 2.43. The van der Waals surface area contributed by atoms with Crippen LogP contribution in [0.3, 0.4) is 0 Å². The maximum Gasteiger partial charge on any atom is 0.257 e. The third kappa shape index (κ3) is 2.72. The van der Waals surface area contributed by atoms with Gasteiger partial charge in [0.05, 0.1) is 17.5 Å². The molecule has 5 heterocycles. The number of hydrogen-bond acceptors (Lipinski definition) is 6. The fraction of sp³-hybridized carbons (Fsp3) is 0.429. The number of hydrogen-bond donors (Lipinski definition) is 1. The summed E-state index contributed by atoms with van der Waals surface area (Å²) in [6, 6.07) is 2.00. The number of carbonyl (C=O) groups excluding carboxylic acids is 2. The first-order valence-electron chi connectivity index (χ1n) is 10.3. The molecule has 3 aliphatic rings. The molecule has 2 aliphatic heterocycles. The lowest BCUT2D eigenvalue weighted by Crippen LogP contribution is -2.38. The van der Waals surface area contributed by atoms with Crippen LogP contribution in [0.2, 0.25) is 0 Å². The molecule has 154 valence electrons. The van der Waals surface area contributed by atoms with Crippen LogP contribution in [-0.4, -0.2) is 58.3 Å². The SMILES string of the molecule is CN1CC(=O)N(CC2CC2)c2sc3c(c2C1=O)CCN(c1ncnc2[nH]ccc12)C3. The second kappa shape index (κ2) is 6.53. The summed E-state index contributed by atoms with van der Waals surface area (Å²) < 4.78 is 0. The highest BCUT2D eigenvalue weighted by Gasteiger charge is 2.39. The summed E-state index contributed by atoms with van der Waals surface area (Å²) >= 11 is 1.61. The van der Waals surface area contributed by atoms with E-state index in [4.69, 9.17) is 0 Å². The van der Waals surface area contributed by atoms with Crippen LogP contribution in [-0.2, 0) is 17.8 Å². The van der Waals surface area contributed by atoms with Crippen molar-refractivity contribution in [3.05, 3.63) is 34.6 Å². The van der Waals surface area contributed by atoms with E-state index in [2.05, 4.69) is 19.9 Å². The Bertz CT molecular complexity index is 1180. The van der Waals surface area contributed by atoms with Crippen molar-refractivity contribution in [2.45, 2.75) is 25.8 Å². The van der Waals surface area contributed by atoms with Gasteiger partial charge in [0.25, 0.3) is 5.91 Å². The molecule has 0 spiro atoms. The van der Waals surface area contributed by atoms with Gasteiger partial charge in [-0.25, -0.2) is 9.97 Å². The fourth-order valence-electron chi connectivity index (χ4n) is 4.50. The van der Waals surface area contributed by atoms with Crippen molar-refractivity contribution in [2.24, 2.45) is 5.92 Å². The van der Waals surface area contributed by atoms with Gasteiger partial charge in [-0.2, -0.15) is 0 Å². The van der Waals surface area contributed by atoms with E-state index in [9.17, 15) is 9.59 Å². The molecule has 1 N–H and O–H groups in total. The highest BCUT2D eigenvalue weighted by atomic mass is 32.1. The zero-order valence-corrected chi connectivity index (χ0v) is 17.5. The number of nitrogens with zero attached hydrogens (tertiary/aromatic N) is 5. The van der Waals surface area contributed by atoms with E-state index < -0.39 is 0 Å². The van der Waals surface area contributed by atoms with Crippen LogP contribution in [0, 0.1) is 5.92 Å². The van der Waals surface area contributed by atoms with Gasteiger partial charge in [0.15, 0.2) is 0 Å². The number of thiophene rings is 1. The molecule has 0 aromatic carbocycles. The van der Waals surface area contributed by atoms with E-state index in [0.717, 1.165) is 57.4 Å². The molecule has 9 heteroatoms. The summed E-state index contributed by atoms with van der Waals surface area (Å²) in [5.41, 5.74) is 2.68. The molecule has 0 radical (unpaired) electrons. The molecule has 30 heavy (non-hydrogen) atoms. The Morgan fingerprint density at radius 2 is 2.10 bits per heavy atom. The number of carbonyl (C=O) groups is 2. The largest absolute Gasteiger partial charge is 0.350 e. The van der Waals surface area contributed by atoms with Crippen molar-refractivity contribution in [2.75, 3.05) is 36.5 Å². The van der Waals surface area contributed by atoms with Crippen LogP contribution in [0.25, 0.3) is 11.0 Å². The minimum atomic E-state index is -0.0299. The Morgan fingerprint density at radius 1 is 1.23 bits per heavy atom. The van der Waals surface area contributed by atoms with Gasteiger partial charge in [0.2, 0.25) is 5.91 Å². The lowest BCUT2D eigenvalue weighted by Gasteiger charge is -2.28. The molecular weight excluding hydrogens is 400 g/mol. The quantitative estimate of drug-likeness (QED) is 0.701. The van der Waals surface area contributed by atoms with Crippen molar-refractivity contribution in [1.29, 1.82) is 0 Å². The van der Waals surface area contributed by atoms with Gasteiger partial charge in [-0.1, -0.05) is 0 Å². The van der Waals surface area contributed by atoms with E-state index in [1.165, 1.54) is 12.8 Å².